The number of nitrogens with zero attached hydrogens (tertiary/aromatic N) is 1. The summed E-state index contributed by atoms with van der Waals surface area (Å²) < 4.78 is 5.80. The van der Waals surface area contributed by atoms with Crippen LogP contribution in [-0.4, -0.2) is 61.5 Å². The van der Waals surface area contributed by atoms with Gasteiger partial charge in [-0.25, -0.2) is 0 Å². The Morgan fingerprint density at radius 1 is 1.03 bits per heavy atom. The maximum atomic E-state index is 12.4. The van der Waals surface area contributed by atoms with E-state index in [1.54, 1.807) is 24.3 Å². The summed E-state index contributed by atoms with van der Waals surface area (Å²) in [5, 5.41) is 2.89. The second-order valence-corrected chi connectivity index (χ2v) is 7.72. The molecule has 3 amide bonds. The van der Waals surface area contributed by atoms with Gasteiger partial charge in [-0.05, 0) is 12.1 Å². The summed E-state index contributed by atoms with van der Waals surface area (Å²) in [7, 11) is 0. The van der Waals surface area contributed by atoms with Crippen molar-refractivity contribution in [3.63, 3.8) is 0 Å². The van der Waals surface area contributed by atoms with Crippen molar-refractivity contribution in [2.75, 3.05) is 32.8 Å². The number of rotatable bonds is 7. The molecule has 2 heterocycles. The van der Waals surface area contributed by atoms with Gasteiger partial charge < -0.3 is 15.0 Å². The number of amides is 3. The van der Waals surface area contributed by atoms with Gasteiger partial charge in [0.25, 0.3) is 11.8 Å². The summed E-state index contributed by atoms with van der Waals surface area (Å²) in [5.41, 5.74) is 2.10. The molecule has 1 unspecified atom stereocenters. The van der Waals surface area contributed by atoms with Crippen LogP contribution in [0.1, 0.15) is 32.7 Å². The van der Waals surface area contributed by atoms with Gasteiger partial charge in [0.15, 0.2) is 0 Å². The summed E-state index contributed by atoms with van der Waals surface area (Å²) in [6.07, 6.45) is 0.0411. The van der Waals surface area contributed by atoms with E-state index in [1.807, 2.05) is 18.2 Å². The molecule has 2 aromatic carbocycles. The van der Waals surface area contributed by atoms with Gasteiger partial charge in [0, 0.05) is 25.1 Å². The molecule has 2 atom stereocenters. The van der Waals surface area contributed by atoms with Gasteiger partial charge in [-0.2, -0.15) is 0 Å². The van der Waals surface area contributed by atoms with Crippen molar-refractivity contribution in [3.05, 3.63) is 71.3 Å². The Labute approximate surface area is 175 Å². The van der Waals surface area contributed by atoms with Gasteiger partial charge in [-0.15, -0.1) is 0 Å². The van der Waals surface area contributed by atoms with E-state index in [2.05, 4.69) is 17.4 Å². The lowest BCUT2D eigenvalue weighted by Gasteiger charge is -2.30. The van der Waals surface area contributed by atoms with Gasteiger partial charge in [0.1, 0.15) is 25.7 Å². The lowest BCUT2D eigenvalue weighted by Crippen LogP contribution is -3.13. The highest BCUT2D eigenvalue weighted by Gasteiger charge is 2.35. The normalized spacial score (nSPS) is 20.9. The number of carbonyl (C=O) groups excluding carboxylic acids is 3. The second kappa shape index (κ2) is 9.19. The molecule has 2 aliphatic rings. The zero-order valence-corrected chi connectivity index (χ0v) is 16.8. The Morgan fingerprint density at radius 2 is 1.70 bits per heavy atom. The molecule has 7 heteroatoms. The zero-order chi connectivity index (χ0) is 20.9. The molecule has 0 aliphatic carbocycles. The van der Waals surface area contributed by atoms with E-state index >= 15 is 0 Å². The quantitative estimate of drug-likeness (QED) is 0.645. The fourth-order valence-electron chi connectivity index (χ4n) is 4.00. The van der Waals surface area contributed by atoms with Crippen LogP contribution in [0.3, 0.4) is 0 Å². The third-order valence-corrected chi connectivity index (χ3v) is 5.59. The Hall–Kier alpha value is -3.03. The predicted molar refractivity (Wildman–Crippen MR) is 110 cm³/mol. The first-order valence-electron chi connectivity index (χ1n) is 10.3. The van der Waals surface area contributed by atoms with Crippen molar-refractivity contribution >= 4 is 17.7 Å². The molecule has 0 spiro atoms. The van der Waals surface area contributed by atoms with Crippen molar-refractivity contribution < 1.29 is 24.0 Å². The summed E-state index contributed by atoms with van der Waals surface area (Å²) in [4.78, 5) is 39.6. The van der Waals surface area contributed by atoms with E-state index < -0.39 is 0 Å². The van der Waals surface area contributed by atoms with Crippen LogP contribution in [0, 0.1) is 0 Å². The molecular formula is C23H26N3O4+. The first kappa shape index (κ1) is 20.3. The number of morpholine rings is 1. The number of hydrogen-bond acceptors (Lipinski definition) is 4. The molecular weight excluding hydrogens is 382 g/mol. The van der Waals surface area contributed by atoms with E-state index in [1.165, 1.54) is 10.5 Å². The number of hydrogen-bond donors (Lipinski definition) is 2. The molecule has 0 bridgehead atoms. The van der Waals surface area contributed by atoms with Gasteiger partial charge >= 0.3 is 0 Å². The van der Waals surface area contributed by atoms with Gasteiger partial charge in [-0.3, -0.25) is 19.3 Å². The molecule has 1 saturated heterocycles. The molecule has 7 nitrogen and oxygen atoms in total. The first-order valence-corrected chi connectivity index (χ1v) is 10.3. The number of quaternary nitrogens is 1. The Bertz CT molecular complexity index is 896. The maximum Gasteiger partial charge on any atom is 0.261 e. The molecule has 30 heavy (non-hydrogen) atoms. The molecule has 2 aliphatic heterocycles. The molecule has 1 fully saturated rings. The SMILES string of the molecule is O=C(CCN1C(=O)c2ccccc2C1=O)NC[C@@H]1C[NH+](Cc2ccccc2)CCO1. The van der Waals surface area contributed by atoms with Crippen LogP contribution < -0.4 is 10.2 Å². The number of ether oxygens (including phenoxy) is 1. The van der Waals surface area contributed by atoms with Crippen LogP contribution in [0.15, 0.2) is 54.6 Å². The highest BCUT2D eigenvalue weighted by atomic mass is 16.5. The topological polar surface area (TPSA) is 80.2 Å². The maximum absolute atomic E-state index is 12.4. The van der Waals surface area contributed by atoms with Crippen LogP contribution >= 0.6 is 0 Å². The van der Waals surface area contributed by atoms with E-state index in [-0.39, 0.29) is 36.8 Å². The Morgan fingerprint density at radius 3 is 2.40 bits per heavy atom. The van der Waals surface area contributed by atoms with E-state index in [4.69, 9.17) is 4.74 Å². The first-order chi connectivity index (χ1) is 14.6. The largest absolute Gasteiger partial charge is 0.365 e. The van der Waals surface area contributed by atoms with Crippen molar-refractivity contribution in [2.45, 2.75) is 19.1 Å². The number of nitrogens with one attached hydrogen (secondary N) is 2. The van der Waals surface area contributed by atoms with Crippen LogP contribution in [0.25, 0.3) is 0 Å². The van der Waals surface area contributed by atoms with Gasteiger partial charge in [-0.1, -0.05) is 42.5 Å². The summed E-state index contributed by atoms with van der Waals surface area (Å²) in [6.45, 7) is 3.88. The number of imide groups is 1. The third kappa shape index (κ3) is 4.58. The Kier molecular flexibility index (Phi) is 6.21. The zero-order valence-electron chi connectivity index (χ0n) is 16.8. The monoisotopic (exact) mass is 408 g/mol. The minimum Gasteiger partial charge on any atom is -0.365 e. The number of benzene rings is 2. The molecule has 0 aromatic heterocycles. The molecule has 0 radical (unpaired) electrons. The van der Waals surface area contributed by atoms with Crippen LogP contribution in [0.5, 0.6) is 0 Å². The summed E-state index contributed by atoms with van der Waals surface area (Å²) >= 11 is 0. The molecule has 2 aromatic rings. The average molecular weight is 408 g/mol. The predicted octanol–water partition coefficient (Wildman–Crippen LogP) is 0.273. The Balaban J connectivity index is 1.21. The highest BCUT2D eigenvalue weighted by Crippen LogP contribution is 2.22. The van der Waals surface area contributed by atoms with Crippen LogP contribution in [0.4, 0.5) is 0 Å². The molecule has 4 rings (SSSR count). The molecule has 2 N–H and O–H groups in total. The van der Waals surface area contributed by atoms with Gasteiger partial charge in [0.2, 0.25) is 5.91 Å². The third-order valence-electron chi connectivity index (χ3n) is 5.59. The minimum absolute atomic E-state index is 0.0410. The smallest absolute Gasteiger partial charge is 0.261 e. The van der Waals surface area contributed by atoms with Crippen LogP contribution in [0.2, 0.25) is 0 Å². The van der Waals surface area contributed by atoms with E-state index in [9.17, 15) is 14.4 Å². The molecule has 156 valence electrons. The van der Waals surface area contributed by atoms with Crippen molar-refractivity contribution in [3.8, 4) is 0 Å². The fourth-order valence-corrected chi connectivity index (χ4v) is 4.00. The second-order valence-electron chi connectivity index (χ2n) is 7.72. The summed E-state index contributed by atoms with van der Waals surface area (Å²) in [6, 6.07) is 17.1. The van der Waals surface area contributed by atoms with Gasteiger partial charge in [0.05, 0.1) is 17.7 Å². The van der Waals surface area contributed by atoms with E-state index in [0.29, 0.717) is 24.3 Å². The lowest BCUT2D eigenvalue weighted by atomic mass is 10.1. The lowest BCUT2D eigenvalue weighted by molar-refractivity contribution is -0.925. The summed E-state index contributed by atoms with van der Waals surface area (Å²) in [5.74, 6) is -0.858. The standard InChI is InChI=1S/C23H25N3O4/c27-21(10-11-26-22(28)19-8-4-5-9-20(19)23(26)29)24-14-18-16-25(12-13-30-18)15-17-6-2-1-3-7-17/h1-9,18H,10-16H2,(H,24,27)/p+1/t18-/m1/s1. The van der Waals surface area contributed by atoms with E-state index in [0.717, 1.165) is 24.5 Å². The number of fused-ring (bicyclic) bond motifs is 1. The minimum atomic E-state index is -0.334. The molecule has 0 saturated carbocycles. The van der Waals surface area contributed by atoms with Crippen molar-refractivity contribution in [2.24, 2.45) is 0 Å². The number of carbonyl (C=O) groups is 3. The van der Waals surface area contributed by atoms with Crippen LogP contribution in [-0.2, 0) is 16.1 Å². The van der Waals surface area contributed by atoms with Crippen molar-refractivity contribution in [1.82, 2.24) is 10.2 Å². The highest BCUT2D eigenvalue weighted by molar-refractivity contribution is 6.21. The van der Waals surface area contributed by atoms with Crippen molar-refractivity contribution in [1.29, 1.82) is 0 Å². The average Bonchev–Trinajstić information content (AvgIpc) is 3.02. The fraction of sp³-hybridized carbons (Fsp3) is 0.348.